The van der Waals surface area contributed by atoms with Crippen LogP contribution in [0.5, 0.6) is 0 Å². The molecule has 2 heterocycles. The summed E-state index contributed by atoms with van der Waals surface area (Å²) in [5.41, 5.74) is 2.00. The smallest absolute Gasteiger partial charge is 0.324 e. The van der Waals surface area contributed by atoms with E-state index in [1.54, 1.807) is 18.2 Å². The van der Waals surface area contributed by atoms with Crippen LogP contribution in [0.1, 0.15) is 11.1 Å². The molecule has 2 fully saturated rings. The van der Waals surface area contributed by atoms with Crippen molar-refractivity contribution in [2.45, 2.75) is 25.7 Å². The van der Waals surface area contributed by atoms with Gasteiger partial charge in [0.25, 0.3) is 5.91 Å². The molecular weight excluding hydrogens is 437 g/mol. The lowest BCUT2D eigenvalue weighted by atomic mass is 10.1. The van der Waals surface area contributed by atoms with Crippen molar-refractivity contribution in [3.63, 3.8) is 0 Å². The fraction of sp³-hybridized carbons (Fsp3) is 0.318. The normalized spacial score (nSPS) is 20.8. The first-order chi connectivity index (χ1) is 15.3. The minimum absolute atomic E-state index is 0.0193. The Labute approximate surface area is 189 Å². The van der Waals surface area contributed by atoms with E-state index in [4.69, 9.17) is 11.6 Å². The van der Waals surface area contributed by atoms with Crippen LogP contribution in [0.15, 0.2) is 42.5 Å². The van der Waals surface area contributed by atoms with Crippen LogP contribution >= 0.6 is 11.6 Å². The number of hydrogen-bond donors (Lipinski definition) is 3. The van der Waals surface area contributed by atoms with E-state index in [-0.39, 0.29) is 13.1 Å². The van der Waals surface area contributed by atoms with Crippen molar-refractivity contribution >= 4 is 35.1 Å². The number of halogens is 2. The number of benzene rings is 2. The predicted octanol–water partition coefficient (Wildman–Crippen LogP) is 2.08. The van der Waals surface area contributed by atoms with Crippen molar-refractivity contribution in [3.05, 3.63) is 64.4 Å². The zero-order chi connectivity index (χ0) is 22.8. The van der Waals surface area contributed by atoms with Gasteiger partial charge in [0.05, 0.1) is 6.54 Å². The molecule has 2 aromatic carbocycles. The number of fused-ring (bicyclic) bond motifs is 1. The summed E-state index contributed by atoms with van der Waals surface area (Å²) in [7, 11) is 0. The number of piperazine rings is 1. The van der Waals surface area contributed by atoms with Crippen molar-refractivity contribution in [2.24, 2.45) is 0 Å². The summed E-state index contributed by atoms with van der Waals surface area (Å²) < 4.78 is 13.2. The second kappa shape index (κ2) is 9.23. The summed E-state index contributed by atoms with van der Waals surface area (Å²) in [6.45, 7) is 2.68. The number of nitrogens with zero attached hydrogens (tertiary/aromatic N) is 2. The molecular formula is C22H23ClFN5O3. The Kier molecular flexibility index (Phi) is 6.40. The van der Waals surface area contributed by atoms with Crippen LogP contribution in [-0.4, -0.2) is 59.5 Å². The van der Waals surface area contributed by atoms with Crippen LogP contribution in [0.3, 0.4) is 0 Å². The van der Waals surface area contributed by atoms with E-state index in [1.165, 1.54) is 29.2 Å². The first-order valence-corrected chi connectivity index (χ1v) is 10.6. The molecule has 2 aliphatic rings. The van der Waals surface area contributed by atoms with Gasteiger partial charge < -0.3 is 10.6 Å². The number of rotatable bonds is 5. The second-order valence-electron chi connectivity index (χ2n) is 7.80. The summed E-state index contributed by atoms with van der Waals surface area (Å²) in [5, 5.41) is 9.54. The highest BCUT2D eigenvalue weighted by Gasteiger charge is 2.47. The van der Waals surface area contributed by atoms with Gasteiger partial charge in [-0.05, 0) is 42.3 Å². The molecule has 2 saturated heterocycles. The Bertz CT molecular complexity index is 1050. The Morgan fingerprint density at radius 1 is 1.16 bits per heavy atom. The fourth-order valence-electron chi connectivity index (χ4n) is 3.84. The van der Waals surface area contributed by atoms with Gasteiger partial charge in [0.2, 0.25) is 5.91 Å². The maximum Gasteiger partial charge on any atom is 0.328 e. The Balaban J connectivity index is 1.53. The third-order valence-electron chi connectivity index (χ3n) is 5.53. The maximum absolute atomic E-state index is 13.2. The lowest BCUT2D eigenvalue weighted by Crippen LogP contribution is -2.75. The van der Waals surface area contributed by atoms with E-state index in [1.807, 2.05) is 6.92 Å². The molecule has 2 aliphatic heterocycles. The number of carbonyl (C=O) groups is 3. The number of hydrogen-bond acceptors (Lipinski definition) is 5. The average molecular weight is 460 g/mol. The number of nitrogens with one attached hydrogen (secondary N) is 3. The van der Waals surface area contributed by atoms with E-state index < -0.39 is 35.9 Å². The van der Waals surface area contributed by atoms with Crippen LogP contribution in [0, 0.1) is 12.7 Å². The van der Waals surface area contributed by atoms with Gasteiger partial charge in [-0.25, -0.2) is 9.18 Å². The molecule has 2 aromatic rings. The molecule has 0 aromatic heterocycles. The van der Waals surface area contributed by atoms with Gasteiger partial charge in [0.1, 0.15) is 24.6 Å². The summed E-state index contributed by atoms with van der Waals surface area (Å²) in [5.74, 6) is -1.21. The third kappa shape index (κ3) is 4.59. The SMILES string of the molecule is Cc1ccc(NC(=O)CN2C(=O)N(Cc3ccc(F)cc3)C(=O)C3NCCNC32)cc1Cl. The molecule has 32 heavy (non-hydrogen) atoms. The van der Waals surface area contributed by atoms with Gasteiger partial charge in [0, 0.05) is 23.8 Å². The van der Waals surface area contributed by atoms with E-state index in [0.717, 1.165) is 10.5 Å². The molecule has 0 spiro atoms. The van der Waals surface area contributed by atoms with E-state index in [0.29, 0.717) is 29.4 Å². The molecule has 2 unspecified atom stereocenters. The lowest BCUT2D eigenvalue weighted by Gasteiger charge is -2.47. The largest absolute Gasteiger partial charge is 0.328 e. The number of imide groups is 1. The fourth-order valence-corrected chi connectivity index (χ4v) is 4.02. The van der Waals surface area contributed by atoms with Crippen LogP contribution in [0.2, 0.25) is 5.02 Å². The molecule has 0 aliphatic carbocycles. The Morgan fingerprint density at radius 3 is 2.59 bits per heavy atom. The second-order valence-corrected chi connectivity index (χ2v) is 8.21. The molecule has 0 bridgehead atoms. The maximum atomic E-state index is 13.2. The summed E-state index contributed by atoms with van der Waals surface area (Å²) >= 11 is 6.12. The minimum atomic E-state index is -0.691. The monoisotopic (exact) mass is 459 g/mol. The van der Waals surface area contributed by atoms with Crippen LogP contribution in [0.25, 0.3) is 0 Å². The number of carbonyl (C=O) groups excluding carboxylic acids is 3. The summed E-state index contributed by atoms with van der Waals surface area (Å²) in [4.78, 5) is 41.4. The summed E-state index contributed by atoms with van der Waals surface area (Å²) in [6, 6.07) is 9.46. The molecule has 0 saturated carbocycles. The zero-order valence-electron chi connectivity index (χ0n) is 17.4. The number of aryl methyl sites for hydroxylation is 1. The van der Waals surface area contributed by atoms with Gasteiger partial charge in [-0.3, -0.25) is 24.7 Å². The summed E-state index contributed by atoms with van der Waals surface area (Å²) in [6.07, 6.45) is -0.652. The highest BCUT2D eigenvalue weighted by atomic mass is 35.5. The van der Waals surface area contributed by atoms with Crippen LogP contribution in [0.4, 0.5) is 14.9 Å². The van der Waals surface area contributed by atoms with Gasteiger partial charge in [0.15, 0.2) is 0 Å². The first-order valence-electron chi connectivity index (χ1n) is 10.2. The Morgan fingerprint density at radius 2 is 1.88 bits per heavy atom. The highest BCUT2D eigenvalue weighted by Crippen LogP contribution is 2.22. The standard InChI is InChI=1S/C22H23ClFN5O3/c1-13-2-7-16(10-17(13)23)27-18(30)12-28-20-19(25-8-9-26-20)21(31)29(22(28)32)11-14-3-5-15(24)6-4-14/h2-7,10,19-20,25-26H,8-9,11-12H2,1H3,(H,27,30). The van der Waals surface area contributed by atoms with Gasteiger partial charge >= 0.3 is 6.03 Å². The quantitative estimate of drug-likeness (QED) is 0.636. The predicted molar refractivity (Wildman–Crippen MR) is 117 cm³/mol. The first kappa shape index (κ1) is 22.2. The molecule has 3 N–H and O–H groups in total. The number of amides is 4. The van der Waals surface area contributed by atoms with Crippen molar-refractivity contribution in [2.75, 3.05) is 25.0 Å². The van der Waals surface area contributed by atoms with Gasteiger partial charge in [-0.2, -0.15) is 0 Å². The van der Waals surface area contributed by atoms with Crippen LogP contribution < -0.4 is 16.0 Å². The van der Waals surface area contributed by atoms with Crippen molar-refractivity contribution in [1.29, 1.82) is 0 Å². The zero-order valence-corrected chi connectivity index (χ0v) is 18.2. The lowest BCUT2D eigenvalue weighted by molar-refractivity contribution is -0.139. The third-order valence-corrected chi connectivity index (χ3v) is 5.93. The number of urea groups is 1. The average Bonchev–Trinajstić information content (AvgIpc) is 2.78. The molecule has 4 amide bonds. The topological polar surface area (TPSA) is 93.8 Å². The van der Waals surface area contributed by atoms with Gasteiger partial charge in [-0.1, -0.05) is 29.8 Å². The minimum Gasteiger partial charge on any atom is -0.324 e. The highest BCUT2D eigenvalue weighted by molar-refractivity contribution is 6.31. The molecule has 2 atom stereocenters. The van der Waals surface area contributed by atoms with E-state index in [2.05, 4.69) is 16.0 Å². The van der Waals surface area contributed by atoms with Gasteiger partial charge in [-0.15, -0.1) is 0 Å². The van der Waals surface area contributed by atoms with Crippen molar-refractivity contribution < 1.29 is 18.8 Å². The number of anilines is 1. The van der Waals surface area contributed by atoms with Crippen LogP contribution in [-0.2, 0) is 16.1 Å². The Hall–Kier alpha value is -3.01. The molecule has 4 rings (SSSR count). The molecule has 8 nitrogen and oxygen atoms in total. The van der Waals surface area contributed by atoms with E-state index >= 15 is 0 Å². The molecule has 0 radical (unpaired) electrons. The van der Waals surface area contributed by atoms with E-state index in [9.17, 15) is 18.8 Å². The molecule has 10 heteroatoms. The van der Waals surface area contributed by atoms with Crippen molar-refractivity contribution in [1.82, 2.24) is 20.4 Å². The molecule has 168 valence electrons. The van der Waals surface area contributed by atoms with Crippen molar-refractivity contribution in [3.8, 4) is 0 Å².